The summed E-state index contributed by atoms with van der Waals surface area (Å²) in [6.45, 7) is 2.77. The molecule has 0 radical (unpaired) electrons. The Morgan fingerprint density at radius 2 is 2.08 bits per heavy atom. The second-order valence-corrected chi connectivity index (χ2v) is 7.39. The van der Waals surface area contributed by atoms with Crippen LogP contribution in [0.25, 0.3) is 11.1 Å². The maximum absolute atomic E-state index is 12.3. The summed E-state index contributed by atoms with van der Waals surface area (Å²) in [6.07, 6.45) is 4.50. The summed E-state index contributed by atoms with van der Waals surface area (Å²) in [5, 5.41) is 5.17. The molecule has 26 heavy (non-hydrogen) atoms. The normalized spacial score (nSPS) is 16.6. The van der Waals surface area contributed by atoms with E-state index in [-0.39, 0.29) is 5.91 Å². The van der Waals surface area contributed by atoms with E-state index in [4.69, 9.17) is 10.5 Å². The van der Waals surface area contributed by atoms with Crippen LogP contribution in [0.5, 0.6) is 0 Å². The number of carbonyl (C=O) groups excluding carboxylic acids is 2. The first-order valence-electron chi connectivity index (χ1n) is 9.03. The molecule has 0 unspecified atom stereocenters. The Morgan fingerprint density at radius 1 is 1.31 bits per heavy atom. The minimum absolute atomic E-state index is 0.215. The van der Waals surface area contributed by atoms with Gasteiger partial charge in [0, 0.05) is 17.6 Å². The fourth-order valence-corrected chi connectivity index (χ4v) is 4.09. The maximum atomic E-state index is 12.3. The van der Waals surface area contributed by atoms with Crippen LogP contribution in [0.2, 0.25) is 0 Å². The molecule has 0 aliphatic carbocycles. The van der Waals surface area contributed by atoms with Crippen molar-refractivity contribution in [3.63, 3.8) is 0 Å². The highest BCUT2D eigenvalue weighted by Crippen LogP contribution is 2.36. The van der Waals surface area contributed by atoms with Crippen molar-refractivity contribution in [3.8, 4) is 11.1 Å². The largest absolute Gasteiger partial charge is 0.368 e. The lowest BCUT2D eigenvalue weighted by Crippen LogP contribution is -2.27. The van der Waals surface area contributed by atoms with E-state index in [2.05, 4.69) is 24.4 Å². The van der Waals surface area contributed by atoms with Crippen LogP contribution < -0.4 is 11.1 Å². The van der Waals surface area contributed by atoms with Gasteiger partial charge < -0.3 is 15.8 Å². The summed E-state index contributed by atoms with van der Waals surface area (Å²) in [5.41, 5.74) is 8.93. The van der Waals surface area contributed by atoms with Gasteiger partial charge in [0.25, 0.3) is 11.8 Å². The molecular formula is C20H24N2O3S. The third kappa shape index (κ3) is 4.14. The van der Waals surface area contributed by atoms with Crippen molar-refractivity contribution in [3.05, 3.63) is 40.8 Å². The maximum Gasteiger partial charge on any atom is 0.254 e. The van der Waals surface area contributed by atoms with E-state index in [0.717, 1.165) is 36.8 Å². The molecule has 0 saturated carbocycles. The second-order valence-electron chi connectivity index (χ2n) is 6.51. The quantitative estimate of drug-likeness (QED) is 0.771. The molecule has 1 aromatic heterocycles. The number of thiophene rings is 1. The highest BCUT2D eigenvalue weighted by Gasteiger charge is 2.26. The standard InChI is InChI=1S/C20H24N2O3S/c1-2-3-5-13-7-9-14(10-8-13)15-12-26-20(17(15)18(21)23)22-19(24)16-6-4-11-25-16/h7-10,12,16H,2-6,11H2,1H3,(H2,21,23)(H,22,24)/t16-/m1/s1. The number of amides is 2. The van der Waals surface area contributed by atoms with E-state index in [1.54, 1.807) is 0 Å². The number of benzene rings is 1. The number of carbonyl (C=O) groups is 2. The van der Waals surface area contributed by atoms with Crippen molar-refractivity contribution in [2.24, 2.45) is 5.73 Å². The van der Waals surface area contributed by atoms with Crippen LogP contribution in [0.15, 0.2) is 29.6 Å². The van der Waals surface area contributed by atoms with Gasteiger partial charge in [-0.25, -0.2) is 0 Å². The van der Waals surface area contributed by atoms with Gasteiger partial charge in [-0.15, -0.1) is 11.3 Å². The van der Waals surface area contributed by atoms with E-state index >= 15 is 0 Å². The molecule has 2 amide bonds. The van der Waals surface area contributed by atoms with Gasteiger partial charge in [-0.2, -0.15) is 0 Å². The summed E-state index contributed by atoms with van der Waals surface area (Å²) < 4.78 is 5.40. The van der Waals surface area contributed by atoms with Gasteiger partial charge in [-0.05, 0) is 36.8 Å². The van der Waals surface area contributed by atoms with E-state index in [0.29, 0.717) is 23.6 Å². The van der Waals surface area contributed by atoms with Gasteiger partial charge in [0.15, 0.2) is 0 Å². The van der Waals surface area contributed by atoms with Gasteiger partial charge in [0.1, 0.15) is 11.1 Å². The fraction of sp³-hybridized carbons (Fsp3) is 0.400. The van der Waals surface area contributed by atoms with E-state index in [1.807, 2.05) is 17.5 Å². The van der Waals surface area contributed by atoms with Crippen LogP contribution in [0.4, 0.5) is 5.00 Å². The van der Waals surface area contributed by atoms with Gasteiger partial charge in [-0.1, -0.05) is 37.6 Å². The Hall–Kier alpha value is -2.18. The average Bonchev–Trinajstić information content (AvgIpc) is 3.30. The van der Waals surface area contributed by atoms with Crippen molar-refractivity contribution in [1.82, 2.24) is 0 Å². The third-order valence-corrected chi connectivity index (χ3v) is 5.48. The molecule has 2 heterocycles. The highest BCUT2D eigenvalue weighted by molar-refractivity contribution is 7.15. The zero-order chi connectivity index (χ0) is 18.5. The number of unbranched alkanes of at least 4 members (excludes halogenated alkanes) is 1. The average molecular weight is 372 g/mol. The molecular weight excluding hydrogens is 348 g/mol. The predicted octanol–water partition coefficient (Wildman–Crippen LogP) is 3.97. The molecule has 1 aliphatic heterocycles. The molecule has 1 saturated heterocycles. The molecule has 3 rings (SSSR count). The lowest BCUT2D eigenvalue weighted by atomic mass is 10.0. The second kappa shape index (κ2) is 8.47. The molecule has 5 nitrogen and oxygen atoms in total. The molecule has 1 aromatic carbocycles. The zero-order valence-electron chi connectivity index (χ0n) is 14.9. The van der Waals surface area contributed by atoms with Crippen molar-refractivity contribution in [1.29, 1.82) is 0 Å². The number of rotatable bonds is 7. The van der Waals surface area contributed by atoms with Crippen molar-refractivity contribution < 1.29 is 14.3 Å². The van der Waals surface area contributed by atoms with Gasteiger partial charge in [-0.3, -0.25) is 9.59 Å². The Bertz CT molecular complexity index is 777. The lowest BCUT2D eigenvalue weighted by molar-refractivity contribution is -0.124. The number of ether oxygens (including phenoxy) is 1. The highest BCUT2D eigenvalue weighted by atomic mass is 32.1. The molecule has 1 fully saturated rings. The van der Waals surface area contributed by atoms with Crippen LogP contribution in [-0.4, -0.2) is 24.5 Å². The van der Waals surface area contributed by atoms with Gasteiger partial charge in [0.2, 0.25) is 0 Å². The van der Waals surface area contributed by atoms with Crippen LogP contribution in [0, 0.1) is 0 Å². The summed E-state index contributed by atoms with van der Waals surface area (Å²) >= 11 is 1.32. The van der Waals surface area contributed by atoms with Gasteiger partial charge >= 0.3 is 0 Å². The fourth-order valence-electron chi connectivity index (χ4n) is 3.12. The molecule has 6 heteroatoms. The molecule has 2 aromatic rings. The molecule has 138 valence electrons. The Balaban J connectivity index is 1.82. The zero-order valence-corrected chi connectivity index (χ0v) is 15.7. The summed E-state index contributed by atoms with van der Waals surface area (Å²) in [7, 11) is 0. The minimum Gasteiger partial charge on any atom is -0.368 e. The van der Waals surface area contributed by atoms with Crippen LogP contribution >= 0.6 is 11.3 Å². The molecule has 0 bridgehead atoms. The predicted molar refractivity (Wildman–Crippen MR) is 104 cm³/mol. The third-order valence-electron chi connectivity index (χ3n) is 4.58. The SMILES string of the molecule is CCCCc1ccc(-c2csc(NC(=O)[C@H]3CCCO3)c2C(N)=O)cc1. The number of hydrogen-bond donors (Lipinski definition) is 2. The molecule has 3 N–H and O–H groups in total. The smallest absolute Gasteiger partial charge is 0.254 e. The first-order valence-corrected chi connectivity index (χ1v) is 9.91. The summed E-state index contributed by atoms with van der Waals surface area (Å²) in [5.74, 6) is -0.757. The van der Waals surface area contributed by atoms with E-state index in [1.165, 1.54) is 16.9 Å². The number of hydrogen-bond acceptors (Lipinski definition) is 4. The number of aryl methyl sites for hydroxylation is 1. The summed E-state index contributed by atoms with van der Waals surface area (Å²) in [6, 6.07) is 8.17. The Labute approximate surface area is 157 Å². The van der Waals surface area contributed by atoms with Crippen molar-refractivity contribution in [2.45, 2.75) is 45.1 Å². The minimum atomic E-state index is -0.543. The van der Waals surface area contributed by atoms with Gasteiger partial charge in [0.05, 0.1) is 5.56 Å². The van der Waals surface area contributed by atoms with Crippen molar-refractivity contribution in [2.75, 3.05) is 11.9 Å². The van der Waals surface area contributed by atoms with Crippen LogP contribution in [0.1, 0.15) is 48.5 Å². The van der Waals surface area contributed by atoms with Crippen LogP contribution in [-0.2, 0) is 16.0 Å². The summed E-state index contributed by atoms with van der Waals surface area (Å²) in [4.78, 5) is 24.3. The number of primary amides is 1. The van der Waals surface area contributed by atoms with Crippen molar-refractivity contribution >= 4 is 28.2 Å². The first kappa shape index (κ1) is 18.6. The number of anilines is 1. The Kier molecular flexibility index (Phi) is 6.06. The Morgan fingerprint density at radius 3 is 2.69 bits per heavy atom. The topological polar surface area (TPSA) is 81.4 Å². The number of nitrogens with one attached hydrogen (secondary N) is 1. The number of nitrogens with two attached hydrogens (primary N) is 1. The first-order chi connectivity index (χ1) is 12.6. The molecule has 1 aliphatic rings. The molecule has 1 atom stereocenters. The lowest BCUT2D eigenvalue weighted by Gasteiger charge is -2.10. The van der Waals surface area contributed by atoms with Crippen LogP contribution in [0.3, 0.4) is 0 Å². The molecule has 0 spiro atoms. The van der Waals surface area contributed by atoms with E-state index < -0.39 is 12.0 Å². The van der Waals surface area contributed by atoms with E-state index in [9.17, 15) is 9.59 Å². The monoisotopic (exact) mass is 372 g/mol.